The molecule has 0 aliphatic heterocycles. The number of carbonyl (C=O) groups excluding carboxylic acids is 3. The zero-order valence-electron chi connectivity index (χ0n) is 16.4. The molecule has 0 fully saturated rings. The number of ether oxygens (including phenoxy) is 1. The Labute approximate surface area is 163 Å². The molecule has 0 aliphatic carbocycles. The van der Waals surface area contributed by atoms with Crippen molar-refractivity contribution in [1.29, 1.82) is 0 Å². The highest BCUT2D eigenvalue weighted by Crippen LogP contribution is 2.27. The van der Waals surface area contributed by atoms with Crippen LogP contribution in [0.3, 0.4) is 0 Å². The van der Waals surface area contributed by atoms with Crippen LogP contribution >= 0.6 is 0 Å². The molecule has 1 heterocycles. The lowest BCUT2D eigenvalue weighted by atomic mass is 9.91. The van der Waals surface area contributed by atoms with Crippen molar-refractivity contribution in [1.82, 2.24) is 9.78 Å². The van der Waals surface area contributed by atoms with Crippen molar-refractivity contribution < 1.29 is 19.1 Å². The van der Waals surface area contributed by atoms with E-state index in [1.165, 1.54) is 0 Å². The molecule has 0 atom stereocenters. The molecular weight excluding hydrogens is 358 g/mol. The van der Waals surface area contributed by atoms with Crippen molar-refractivity contribution in [3.05, 3.63) is 59.3 Å². The minimum atomic E-state index is -0.522. The molecule has 2 aromatic carbocycles. The lowest BCUT2D eigenvalue weighted by molar-refractivity contribution is -0.127. The predicted octanol–water partition coefficient (Wildman–Crippen LogP) is 3.70. The molecule has 0 saturated heterocycles. The quantitative estimate of drug-likeness (QED) is 0.481. The third kappa shape index (κ3) is 3.71. The Bertz CT molecular complexity index is 1060. The zero-order valence-corrected chi connectivity index (χ0v) is 16.4. The van der Waals surface area contributed by atoms with Gasteiger partial charge in [0.25, 0.3) is 0 Å². The van der Waals surface area contributed by atoms with Gasteiger partial charge in [-0.05, 0) is 12.1 Å². The maximum Gasteiger partial charge on any atom is 0.213 e. The van der Waals surface area contributed by atoms with Crippen LogP contribution in [-0.4, -0.2) is 34.7 Å². The summed E-state index contributed by atoms with van der Waals surface area (Å²) < 4.78 is 6.84. The number of carbonyl (C=O) groups is 3. The Morgan fingerprint density at radius 1 is 1.11 bits per heavy atom. The number of aldehydes is 1. The molecule has 0 radical (unpaired) electrons. The van der Waals surface area contributed by atoms with Crippen molar-refractivity contribution in [2.24, 2.45) is 5.41 Å². The van der Waals surface area contributed by atoms with Crippen LogP contribution in [0, 0.1) is 5.41 Å². The summed E-state index contributed by atoms with van der Waals surface area (Å²) in [6.45, 7) is 5.61. The van der Waals surface area contributed by atoms with Crippen LogP contribution in [0.15, 0.2) is 42.5 Å². The number of benzene rings is 2. The highest BCUT2D eigenvalue weighted by molar-refractivity contribution is 6.15. The van der Waals surface area contributed by atoms with E-state index in [4.69, 9.17) is 4.74 Å². The molecule has 144 valence electrons. The highest BCUT2D eigenvalue weighted by atomic mass is 16.5. The first-order chi connectivity index (χ1) is 13.2. The molecule has 3 rings (SSSR count). The van der Waals surface area contributed by atoms with Gasteiger partial charge >= 0.3 is 0 Å². The van der Waals surface area contributed by atoms with Gasteiger partial charge in [-0.15, -0.1) is 0 Å². The maximum absolute atomic E-state index is 13.0. The Kier molecular flexibility index (Phi) is 5.14. The van der Waals surface area contributed by atoms with E-state index < -0.39 is 5.41 Å². The summed E-state index contributed by atoms with van der Waals surface area (Å²) in [7, 11) is 1.56. The first-order valence-electron chi connectivity index (χ1n) is 8.92. The highest BCUT2D eigenvalue weighted by Gasteiger charge is 2.25. The van der Waals surface area contributed by atoms with Crippen LogP contribution in [0.1, 0.15) is 47.2 Å². The van der Waals surface area contributed by atoms with Crippen molar-refractivity contribution >= 4 is 28.8 Å². The fourth-order valence-corrected chi connectivity index (χ4v) is 2.79. The standard InChI is InChI=1S/C22H22N2O4/c1-22(2,3)19(26)12-24-18-11-16(28-4)9-10-17(18)20(23-24)21(27)15-7-5-14(13-25)6-8-15/h5-11,13H,12H2,1-4H3/i13+2. The van der Waals surface area contributed by atoms with Gasteiger partial charge in [0.15, 0.2) is 5.78 Å². The molecule has 0 amide bonds. The van der Waals surface area contributed by atoms with Crippen LogP contribution < -0.4 is 4.74 Å². The van der Waals surface area contributed by atoms with Crippen LogP contribution in [0.4, 0.5) is 0 Å². The smallest absolute Gasteiger partial charge is 0.213 e. The number of ketones is 2. The number of nitrogens with zero attached hydrogens (tertiary/aromatic N) is 2. The maximum atomic E-state index is 13.0. The average Bonchev–Trinajstić information content (AvgIpc) is 3.04. The van der Waals surface area contributed by atoms with Gasteiger partial charge in [-0.25, -0.2) is 0 Å². The number of hydrogen-bond donors (Lipinski definition) is 0. The number of aromatic nitrogens is 2. The Hall–Kier alpha value is -3.28. The van der Waals surface area contributed by atoms with Gasteiger partial charge in [0, 0.05) is 28.0 Å². The van der Waals surface area contributed by atoms with Crippen LogP contribution in [0.5, 0.6) is 5.75 Å². The van der Waals surface area contributed by atoms with E-state index in [0.29, 0.717) is 27.8 Å². The van der Waals surface area contributed by atoms with Gasteiger partial charge in [0.2, 0.25) is 5.78 Å². The molecule has 0 spiro atoms. The van der Waals surface area contributed by atoms with E-state index in [9.17, 15) is 14.4 Å². The molecule has 28 heavy (non-hydrogen) atoms. The lowest BCUT2D eigenvalue weighted by Crippen LogP contribution is -2.25. The Morgan fingerprint density at radius 3 is 2.36 bits per heavy atom. The second-order valence-electron chi connectivity index (χ2n) is 7.63. The number of methoxy groups -OCH3 is 1. The summed E-state index contributed by atoms with van der Waals surface area (Å²) >= 11 is 0. The summed E-state index contributed by atoms with van der Waals surface area (Å²) in [4.78, 5) is 36.4. The van der Waals surface area contributed by atoms with E-state index in [0.717, 1.165) is 6.29 Å². The van der Waals surface area contributed by atoms with E-state index in [1.54, 1.807) is 54.3 Å². The second-order valence-corrected chi connectivity index (χ2v) is 7.63. The number of Topliss-reactive ketones (excluding diaryl/α,β-unsaturated/α-hetero) is 1. The minimum Gasteiger partial charge on any atom is -0.497 e. The number of rotatable bonds is 6. The van der Waals surface area contributed by atoms with Crippen molar-refractivity contribution in [3.8, 4) is 5.75 Å². The molecule has 0 unspecified atom stereocenters. The molecule has 1 aromatic heterocycles. The molecule has 0 aliphatic rings. The van der Waals surface area contributed by atoms with Crippen molar-refractivity contribution in [2.75, 3.05) is 7.11 Å². The van der Waals surface area contributed by atoms with Crippen molar-refractivity contribution in [2.45, 2.75) is 27.3 Å². The molecule has 3 aromatic rings. The summed E-state index contributed by atoms with van der Waals surface area (Å²) in [6.07, 6.45) is 0.725. The predicted molar refractivity (Wildman–Crippen MR) is 106 cm³/mol. The first-order valence-corrected chi connectivity index (χ1v) is 8.92. The second kappa shape index (κ2) is 7.38. The molecule has 0 bridgehead atoms. The summed E-state index contributed by atoms with van der Waals surface area (Å²) in [5, 5.41) is 5.10. The third-order valence-electron chi connectivity index (χ3n) is 4.61. The van der Waals surface area contributed by atoms with Crippen LogP contribution in [0.2, 0.25) is 0 Å². The van der Waals surface area contributed by atoms with Gasteiger partial charge in [-0.1, -0.05) is 45.0 Å². The van der Waals surface area contributed by atoms with E-state index >= 15 is 0 Å². The fourth-order valence-electron chi connectivity index (χ4n) is 2.79. The topological polar surface area (TPSA) is 78.3 Å². The van der Waals surface area contributed by atoms with E-state index in [2.05, 4.69) is 5.10 Å². The van der Waals surface area contributed by atoms with Gasteiger partial charge in [0.05, 0.1) is 12.6 Å². The van der Waals surface area contributed by atoms with Crippen LogP contribution in [0.25, 0.3) is 10.9 Å². The molecule has 0 N–H and O–H groups in total. The SMILES string of the molecule is COc1ccc2c(C(=O)c3ccc([14CH]=O)cc3)nn(CC(=O)C(C)(C)C)c2c1. The Balaban J connectivity index is 2.10. The molecule has 6 nitrogen and oxygen atoms in total. The normalized spacial score (nSPS) is 11.4. The van der Waals surface area contributed by atoms with Crippen LogP contribution in [-0.2, 0) is 11.3 Å². The molecular formula is C22H22N2O4. The van der Waals surface area contributed by atoms with E-state index in [-0.39, 0.29) is 23.8 Å². The minimum absolute atomic E-state index is 0.00838. The van der Waals surface area contributed by atoms with Gasteiger partial charge in [0.1, 0.15) is 24.3 Å². The van der Waals surface area contributed by atoms with Gasteiger partial charge in [-0.3, -0.25) is 19.1 Å². The van der Waals surface area contributed by atoms with Crippen molar-refractivity contribution in [3.63, 3.8) is 0 Å². The summed E-state index contributed by atoms with van der Waals surface area (Å²) in [5.41, 5.74) is 1.32. The Morgan fingerprint density at radius 2 is 1.79 bits per heavy atom. The largest absolute Gasteiger partial charge is 0.497 e. The summed E-state index contributed by atoms with van der Waals surface area (Å²) in [5.74, 6) is 0.356. The number of fused-ring (bicyclic) bond motifs is 1. The fraction of sp³-hybridized carbons (Fsp3) is 0.273. The molecule has 0 saturated carbocycles. The lowest BCUT2D eigenvalue weighted by Gasteiger charge is -2.16. The zero-order chi connectivity index (χ0) is 20.5. The van der Waals surface area contributed by atoms with Gasteiger partial charge in [-0.2, -0.15) is 5.10 Å². The average molecular weight is 380 g/mol. The number of hydrogen-bond acceptors (Lipinski definition) is 5. The summed E-state index contributed by atoms with van der Waals surface area (Å²) in [6, 6.07) is 11.7. The first kappa shape index (κ1) is 19.5. The van der Waals surface area contributed by atoms with E-state index in [1.807, 2.05) is 20.8 Å². The molecule has 6 heteroatoms. The monoisotopic (exact) mass is 380 g/mol. The van der Waals surface area contributed by atoms with Gasteiger partial charge < -0.3 is 4.74 Å². The third-order valence-corrected chi connectivity index (χ3v) is 4.61.